The SMILES string of the molecule is CC#CCOC(C1(C(=O)O)CCN(C(C)=O)CC1)S(=O)(=O)c1ccccc1. The lowest BCUT2D eigenvalue weighted by molar-refractivity contribution is -0.161. The monoisotopic (exact) mass is 393 g/mol. The molecule has 1 atom stereocenters. The zero-order valence-electron chi connectivity index (χ0n) is 15.3. The first-order valence-electron chi connectivity index (χ1n) is 8.55. The van der Waals surface area contributed by atoms with Gasteiger partial charge in [0.15, 0.2) is 5.44 Å². The van der Waals surface area contributed by atoms with Crippen LogP contribution in [0.1, 0.15) is 26.7 Å². The second-order valence-corrected chi connectivity index (χ2v) is 8.38. The number of likely N-dealkylation sites (tertiary alicyclic amines) is 1. The fourth-order valence-corrected chi connectivity index (χ4v) is 5.20. The molecule has 0 radical (unpaired) electrons. The van der Waals surface area contributed by atoms with Crippen LogP contribution in [0, 0.1) is 17.3 Å². The first-order chi connectivity index (χ1) is 12.8. The van der Waals surface area contributed by atoms with Crippen LogP contribution < -0.4 is 0 Å². The van der Waals surface area contributed by atoms with E-state index < -0.39 is 26.7 Å². The molecule has 1 saturated heterocycles. The summed E-state index contributed by atoms with van der Waals surface area (Å²) >= 11 is 0. The maximum Gasteiger partial charge on any atom is 0.313 e. The summed E-state index contributed by atoms with van der Waals surface area (Å²) in [5.41, 5.74) is -3.25. The molecule has 8 heteroatoms. The van der Waals surface area contributed by atoms with Gasteiger partial charge in [-0.15, -0.1) is 5.92 Å². The van der Waals surface area contributed by atoms with Crippen molar-refractivity contribution in [1.82, 2.24) is 4.90 Å². The van der Waals surface area contributed by atoms with Crippen LogP contribution in [-0.4, -0.2) is 55.4 Å². The predicted molar refractivity (Wildman–Crippen MR) is 98.4 cm³/mol. The minimum absolute atomic E-state index is 0.00548. The molecule has 0 aliphatic carbocycles. The van der Waals surface area contributed by atoms with Crippen LogP contribution in [0.15, 0.2) is 35.2 Å². The number of rotatable bonds is 6. The van der Waals surface area contributed by atoms with Gasteiger partial charge in [-0.1, -0.05) is 24.1 Å². The van der Waals surface area contributed by atoms with Crippen LogP contribution in [-0.2, 0) is 24.2 Å². The number of carbonyl (C=O) groups excluding carboxylic acids is 1. The van der Waals surface area contributed by atoms with Crippen molar-refractivity contribution >= 4 is 21.7 Å². The van der Waals surface area contributed by atoms with Gasteiger partial charge in [0.1, 0.15) is 12.0 Å². The second-order valence-electron chi connectivity index (χ2n) is 6.40. The number of amides is 1. The zero-order valence-corrected chi connectivity index (χ0v) is 16.2. The average Bonchev–Trinajstić information content (AvgIpc) is 2.65. The summed E-state index contributed by atoms with van der Waals surface area (Å²) in [7, 11) is -4.10. The number of piperidine rings is 1. The quantitative estimate of drug-likeness (QED) is 0.736. The van der Waals surface area contributed by atoms with Crippen molar-refractivity contribution in [3.63, 3.8) is 0 Å². The molecule has 1 unspecified atom stereocenters. The van der Waals surface area contributed by atoms with Gasteiger partial charge in [0.2, 0.25) is 15.7 Å². The third-order valence-corrected chi connectivity index (χ3v) is 6.90. The highest BCUT2D eigenvalue weighted by Gasteiger charge is 2.55. The summed E-state index contributed by atoms with van der Waals surface area (Å²) in [5.74, 6) is 3.82. The number of sulfone groups is 1. The van der Waals surface area contributed by atoms with E-state index in [-0.39, 0.29) is 43.3 Å². The molecular weight excluding hydrogens is 370 g/mol. The Hall–Kier alpha value is -2.37. The predicted octanol–water partition coefficient (Wildman–Crippen LogP) is 1.54. The number of carboxylic acid groups (broad SMARTS) is 1. The molecule has 1 fully saturated rings. The molecule has 1 aliphatic rings. The van der Waals surface area contributed by atoms with Crippen molar-refractivity contribution in [2.75, 3.05) is 19.7 Å². The Morgan fingerprint density at radius 2 is 1.85 bits per heavy atom. The van der Waals surface area contributed by atoms with Gasteiger partial charge in [-0.2, -0.15) is 0 Å². The van der Waals surface area contributed by atoms with Crippen molar-refractivity contribution in [1.29, 1.82) is 0 Å². The Kier molecular flexibility index (Phi) is 6.63. The molecular formula is C19H23NO6S. The van der Waals surface area contributed by atoms with Crippen LogP contribution >= 0.6 is 0 Å². The Morgan fingerprint density at radius 3 is 2.33 bits per heavy atom. The third-order valence-electron chi connectivity index (χ3n) is 4.82. The van der Waals surface area contributed by atoms with Gasteiger partial charge in [0, 0.05) is 20.0 Å². The lowest BCUT2D eigenvalue weighted by Gasteiger charge is -2.42. The van der Waals surface area contributed by atoms with E-state index in [0.717, 1.165) is 0 Å². The highest BCUT2D eigenvalue weighted by molar-refractivity contribution is 7.92. The fraction of sp³-hybridized carbons (Fsp3) is 0.474. The number of benzene rings is 1. The van der Waals surface area contributed by atoms with Gasteiger partial charge in [-0.3, -0.25) is 9.59 Å². The van der Waals surface area contributed by atoms with Gasteiger partial charge < -0.3 is 14.7 Å². The molecule has 0 bridgehead atoms. The first kappa shape index (κ1) is 20.9. The zero-order chi connectivity index (χ0) is 20.1. The van der Waals surface area contributed by atoms with Crippen molar-refractivity contribution in [2.45, 2.75) is 37.0 Å². The molecule has 146 valence electrons. The van der Waals surface area contributed by atoms with E-state index in [1.54, 1.807) is 25.1 Å². The summed E-state index contributed by atoms with van der Waals surface area (Å²) < 4.78 is 32.0. The number of carboxylic acids is 1. The minimum atomic E-state index is -4.10. The van der Waals surface area contributed by atoms with E-state index in [4.69, 9.17) is 4.74 Å². The fourth-order valence-electron chi connectivity index (χ4n) is 3.24. The van der Waals surface area contributed by atoms with E-state index in [1.807, 2.05) is 0 Å². The maximum absolute atomic E-state index is 13.2. The molecule has 1 N–H and O–H groups in total. The summed E-state index contributed by atoms with van der Waals surface area (Å²) in [6.45, 7) is 3.11. The normalized spacial score (nSPS) is 17.5. The molecule has 0 spiro atoms. The molecule has 2 rings (SSSR count). The summed E-state index contributed by atoms with van der Waals surface area (Å²) in [6.07, 6.45) is -0.0314. The number of hydrogen-bond donors (Lipinski definition) is 1. The summed E-state index contributed by atoms with van der Waals surface area (Å²) in [5, 5.41) is 9.97. The molecule has 0 aromatic heterocycles. The van der Waals surface area contributed by atoms with Gasteiger partial charge >= 0.3 is 5.97 Å². The lowest BCUT2D eigenvalue weighted by Crippen LogP contribution is -2.55. The summed E-state index contributed by atoms with van der Waals surface area (Å²) in [4.78, 5) is 25.3. The topological polar surface area (TPSA) is 101 Å². The van der Waals surface area contributed by atoms with Gasteiger partial charge in [0.05, 0.1) is 4.90 Å². The van der Waals surface area contributed by atoms with Gasteiger partial charge in [0.25, 0.3) is 0 Å². The van der Waals surface area contributed by atoms with Crippen molar-refractivity contribution in [2.24, 2.45) is 5.41 Å². The highest BCUT2D eigenvalue weighted by atomic mass is 32.2. The Labute approximate surface area is 159 Å². The third kappa shape index (κ3) is 4.31. The number of ether oxygens (including phenoxy) is 1. The van der Waals surface area contributed by atoms with Crippen molar-refractivity contribution in [3.8, 4) is 11.8 Å². The van der Waals surface area contributed by atoms with Crippen molar-refractivity contribution in [3.05, 3.63) is 30.3 Å². The molecule has 1 amide bonds. The first-order valence-corrected chi connectivity index (χ1v) is 10.1. The molecule has 1 heterocycles. The number of nitrogens with zero attached hydrogens (tertiary/aromatic N) is 1. The maximum atomic E-state index is 13.2. The van der Waals surface area contributed by atoms with Crippen LogP contribution in [0.2, 0.25) is 0 Å². The summed E-state index contributed by atoms with van der Waals surface area (Å²) in [6, 6.07) is 7.65. The number of carbonyl (C=O) groups is 2. The molecule has 0 saturated carbocycles. The van der Waals surface area contributed by atoms with Gasteiger partial charge in [-0.05, 0) is 31.9 Å². The van der Waals surface area contributed by atoms with E-state index in [2.05, 4.69) is 11.8 Å². The standard InChI is InChI=1S/C19H23NO6S/c1-3-4-14-26-18(27(24,25)16-8-6-5-7-9-16)19(17(22)23)10-12-20(13-11-19)15(2)21/h5-9,18H,10-14H2,1-2H3,(H,22,23). The number of hydrogen-bond acceptors (Lipinski definition) is 5. The molecule has 1 aliphatic heterocycles. The van der Waals surface area contributed by atoms with Crippen LogP contribution in [0.25, 0.3) is 0 Å². The van der Waals surface area contributed by atoms with E-state index in [0.29, 0.717) is 0 Å². The average molecular weight is 393 g/mol. The molecule has 1 aromatic carbocycles. The second kappa shape index (κ2) is 8.55. The van der Waals surface area contributed by atoms with Crippen molar-refractivity contribution < 1.29 is 27.9 Å². The van der Waals surface area contributed by atoms with E-state index in [9.17, 15) is 23.1 Å². The van der Waals surface area contributed by atoms with Crippen LogP contribution in [0.3, 0.4) is 0 Å². The minimum Gasteiger partial charge on any atom is -0.481 e. The van der Waals surface area contributed by atoms with Crippen LogP contribution in [0.4, 0.5) is 0 Å². The highest BCUT2D eigenvalue weighted by Crippen LogP contribution is 2.41. The molecule has 7 nitrogen and oxygen atoms in total. The lowest BCUT2D eigenvalue weighted by atomic mass is 9.78. The van der Waals surface area contributed by atoms with Crippen LogP contribution in [0.5, 0.6) is 0 Å². The molecule has 1 aromatic rings. The van der Waals surface area contributed by atoms with Gasteiger partial charge in [-0.25, -0.2) is 8.42 Å². The number of aliphatic carboxylic acids is 1. The van der Waals surface area contributed by atoms with E-state index in [1.165, 1.54) is 24.0 Å². The Morgan fingerprint density at radius 1 is 1.26 bits per heavy atom. The Bertz CT molecular complexity index is 845. The smallest absolute Gasteiger partial charge is 0.313 e. The molecule has 27 heavy (non-hydrogen) atoms. The van der Waals surface area contributed by atoms with E-state index >= 15 is 0 Å². The Balaban J connectivity index is 2.48. The largest absolute Gasteiger partial charge is 0.481 e.